The number of aryl methyl sites for hydroxylation is 3. The van der Waals surface area contributed by atoms with Crippen molar-refractivity contribution in [2.24, 2.45) is 5.92 Å². The standard InChI is InChI=1S/C20H26N2O3/c1-12-9-14(3)16(10-13(12)2)17(23)11-22-18(24)20(21-19(22)25)8-6-5-7-15(20)4/h9-10,15H,5-8,11H2,1-4H3,(H,21,25)/t15-,20+/m1/s1. The minimum atomic E-state index is -0.812. The van der Waals surface area contributed by atoms with Gasteiger partial charge in [-0.2, -0.15) is 0 Å². The van der Waals surface area contributed by atoms with Crippen molar-refractivity contribution in [3.8, 4) is 0 Å². The molecule has 0 bridgehead atoms. The molecule has 25 heavy (non-hydrogen) atoms. The summed E-state index contributed by atoms with van der Waals surface area (Å²) < 4.78 is 0. The number of Topliss-reactive ketones (excluding diaryl/α,β-unsaturated/α-hetero) is 1. The van der Waals surface area contributed by atoms with Crippen LogP contribution in [0.2, 0.25) is 0 Å². The van der Waals surface area contributed by atoms with E-state index in [0.29, 0.717) is 12.0 Å². The first-order chi connectivity index (χ1) is 11.8. The van der Waals surface area contributed by atoms with E-state index in [1.807, 2.05) is 39.8 Å². The summed E-state index contributed by atoms with van der Waals surface area (Å²) in [6, 6.07) is 3.39. The van der Waals surface area contributed by atoms with E-state index in [9.17, 15) is 14.4 Å². The van der Waals surface area contributed by atoms with E-state index in [2.05, 4.69) is 5.32 Å². The predicted molar refractivity (Wildman–Crippen MR) is 95.6 cm³/mol. The van der Waals surface area contributed by atoms with Gasteiger partial charge in [-0.15, -0.1) is 0 Å². The average Bonchev–Trinajstić information content (AvgIpc) is 2.79. The SMILES string of the molecule is Cc1cc(C)c(C(=O)CN2C(=O)N[C@]3(CCCC[C@H]3C)C2=O)cc1C. The quantitative estimate of drug-likeness (QED) is 0.677. The van der Waals surface area contributed by atoms with Gasteiger partial charge in [0.1, 0.15) is 5.54 Å². The molecule has 1 N–H and O–H groups in total. The summed E-state index contributed by atoms with van der Waals surface area (Å²) in [6.45, 7) is 7.66. The number of hydrogen-bond acceptors (Lipinski definition) is 3. The van der Waals surface area contributed by atoms with Gasteiger partial charge in [-0.3, -0.25) is 14.5 Å². The van der Waals surface area contributed by atoms with Crippen molar-refractivity contribution < 1.29 is 14.4 Å². The predicted octanol–water partition coefficient (Wildman–Crippen LogP) is 3.30. The normalized spacial score (nSPS) is 26.2. The van der Waals surface area contributed by atoms with Crippen LogP contribution in [0.5, 0.6) is 0 Å². The zero-order valence-electron chi connectivity index (χ0n) is 15.4. The van der Waals surface area contributed by atoms with Gasteiger partial charge in [-0.1, -0.05) is 25.8 Å². The molecular formula is C20H26N2O3. The van der Waals surface area contributed by atoms with E-state index in [0.717, 1.165) is 40.9 Å². The minimum absolute atomic E-state index is 0.0983. The highest BCUT2D eigenvalue weighted by Gasteiger charge is 2.55. The smallest absolute Gasteiger partial charge is 0.323 e. The van der Waals surface area contributed by atoms with Crippen LogP contribution in [0.4, 0.5) is 4.79 Å². The molecule has 1 saturated carbocycles. The zero-order chi connectivity index (χ0) is 18.4. The second-order valence-corrected chi connectivity index (χ2v) is 7.61. The Morgan fingerprint density at radius 1 is 1.16 bits per heavy atom. The maximum absolute atomic E-state index is 13.0. The number of benzene rings is 1. The topological polar surface area (TPSA) is 66.5 Å². The highest BCUT2D eigenvalue weighted by Crippen LogP contribution is 2.38. The third-order valence-corrected chi connectivity index (χ3v) is 5.94. The van der Waals surface area contributed by atoms with Gasteiger partial charge in [0, 0.05) is 5.56 Å². The second-order valence-electron chi connectivity index (χ2n) is 7.61. The number of imide groups is 1. The summed E-state index contributed by atoms with van der Waals surface area (Å²) in [4.78, 5) is 39.2. The monoisotopic (exact) mass is 342 g/mol. The number of urea groups is 1. The van der Waals surface area contributed by atoms with Crippen molar-refractivity contribution in [2.75, 3.05) is 6.54 Å². The van der Waals surface area contributed by atoms with Crippen molar-refractivity contribution >= 4 is 17.7 Å². The molecule has 1 saturated heterocycles. The molecule has 1 aromatic carbocycles. The molecule has 3 rings (SSSR count). The Balaban J connectivity index is 1.83. The largest absolute Gasteiger partial charge is 0.325 e. The van der Waals surface area contributed by atoms with Crippen LogP contribution in [0.3, 0.4) is 0 Å². The van der Waals surface area contributed by atoms with Gasteiger partial charge < -0.3 is 5.32 Å². The van der Waals surface area contributed by atoms with Crippen LogP contribution < -0.4 is 5.32 Å². The lowest BCUT2D eigenvalue weighted by molar-refractivity contribution is -0.133. The Labute approximate surface area is 148 Å². The first-order valence-electron chi connectivity index (χ1n) is 9.01. The van der Waals surface area contributed by atoms with E-state index < -0.39 is 11.6 Å². The van der Waals surface area contributed by atoms with Gasteiger partial charge in [-0.05, 0) is 62.3 Å². The summed E-state index contributed by atoms with van der Waals surface area (Å²) in [6.07, 6.45) is 3.58. The van der Waals surface area contributed by atoms with Crippen LogP contribution in [0.25, 0.3) is 0 Å². The van der Waals surface area contributed by atoms with Crippen molar-refractivity contribution in [1.29, 1.82) is 0 Å². The van der Waals surface area contributed by atoms with Crippen LogP contribution in [-0.2, 0) is 4.79 Å². The fraction of sp³-hybridized carbons (Fsp3) is 0.550. The zero-order valence-corrected chi connectivity index (χ0v) is 15.4. The molecule has 134 valence electrons. The molecule has 2 aliphatic rings. The second kappa shape index (κ2) is 6.28. The lowest BCUT2D eigenvalue weighted by Gasteiger charge is -2.36. The number of ketones is 1. The number of carbonyl (C=O) groups excluding carboxylic acids is 3. The molecule has 1 aliphatic heterocycles. The maximum Gasteiger partial charge on any atom is 0.325 e. The Morgan fingerprint density at radius 3 is 2.52 bits per heavy atom. The van der Waals surface area contributed by atoms with Gasteiger partial charge in [0.05, 0.1) is 6.54 Å². The molecule has 3 amide bonds. The highest BCUT2D eigenvalue weighted by molar-refractivity contribution is 6.11. The first kappa shape index (κ1) is 17.6. The summed E-state index contributed by atoms with van der Waals surface area (Å²) in [5.41, 5.74) is 2.80. The lowest BCUT2D eigenvalue weighted by atomic mass is 9.73. The van der Waals surface area contributed by atoms with Crippen LogP contribution >= 0.6 is 0 Å². The third kappa shape index (κ3) is 2.86. The van der Waals surface area contributed by atoms with E-state index in [1.165, 1.54) is 0 Å². The van der Waals surface area contributed by atoms with Crippen LogP contribution in [0.1, 0.15) is 59.7 Å². The Kier molecular flexibility index (Phi) is 4.43. The fourth-order valence-electron chi connectivity index (χ4n) is 4.13. The Morgan fingerprint density at radius 2 is 1.84 bits per heavy atom. The van der Waals surface area contributed by atoms with Crippen molar-refractivity contribution in [1.82, 2.24) is 10.2 Å². The van der Waals surface area contributed by atoms with E-state index in [-0.39, 0.29) is 24.2 Å². The number of amides is 3. The van der Waals surface area contributed by atoms with Crippen LogP contribution in [0.15, 0.2) is 12.1 Å². The Bertz CT molecular complexity index is 756. The molecular weight excluding hydrogens is 316 g/mol. The molecule has 1 spiro atoms. The molecule has 2 atom stereocenters. The highest BCUT2D eigenvalue weighted by atomic mass is 16.2. The summed E-state index contributed by atoms with van der Waals surface area (Å²) in [5, 5.41) is 2.90. The molecule has 5 nitrogen and oxygen atoms in total. The van der Waals surface area contributed by atoms with Gasteiger partial charge in [0.2, 0.25) is 0 Å². The molecule has 0 aromatic heterocycles. The van der Waals surface area contributed by atoms with Crippen molar-refractivity contribution in [2.45, 2.75) is 58.9 Å². The molecule has 1 aromatic rings. The van der Waals surface area contributed by atoms with E-state index >= 15 is 0 Å². The Hall–Kier alpha value is -2.17. The van der Waals surface area contributed by atoms with Crippen molar-refractivity contribution in [3.63, 3.8) is 0 Å². The summed E-state index contributed by atoms with van der Waals surface area (Å²) in [5.74, 6) is -0.328. The van der Waals surface area contributed by atoms with Gasteiger partial charge in [0.25, 0.3) is 5.91 Å². The number of nitrogens with one attached hydrogen (secondary N) is 1. The van der Waals surface area contributed by atoms with E-state index in [4.69, 9.17) is 0 Å². The molecule has 1 aliphatic carbocycles. The number of hydrogen-bond donors (Lipinski definition) is 1. The number of carbonyl (C=O) groups is 3. The first-order valence-corrected chi connectivity index (χ1v) is 9.01. The van der Waals surface area contributed by atoms with E-state index in [1.54, 1.807) is 0 Å². The third-order valence-electron chi connectivity index (χ3n) is 5.94. The fourth-order valence-corrected chi connectivity index (χ4v) is 4.13. The molecule has 0 unspecified atom stereocenters. The lowest BCUT2D eigenvalue weighted by Crippen LogP contribution is -2.54. The molecule has 5 heteroatoms. The van der Waals surface area contributed by atoms with Gasteiger partial charge >= 0.3 is 6.03 Å². The number of nitrogens with zero attached hydrogens (tertiary/aromatic N) is 1. The molecule has 2 fully saturated rings. The van der Waals surface area contributed by atoms with Crippen LogP contribution in [0, 0.1) is 26.7 Å². The van der Waals surface area contributed by atoms with Crippen LogP contribution in [-0.4, -0.2) is 34.7 Å². The summed E-state index contributed by atoms with van der Waals surface area (Å²) >= 11 is 0. The summed E-state index contributed by atoms with van der Waals surface area (Å²) in [7, 11) is 0. The number of rotatable bonds is 3. The minimum Gasteiger partial charge on any atom is -0.323 e. The maximum atomic E-state index is 13.0. The molecule has 1 heterocycles. The van der Waals surface area contributed by atoms with Crippen molar-refractivity contribution in [3.05, 3.63) is 34.4 Å². The molecule has 0 radical (unpaired) electrons. The van der Waals surface area contributed by atoms with Gasteiger partial charge in [0.15, 0.2) is 5.78 Å². The average molecular weight is 342 g/mol. The van der Waals surface area contributed by atoms with Gasteiger partial charge in [-0.25, -0.2) is 4.79 Å².